The van der Waals surface area contributed by atoms with Gasteiger partial charge in [0.2, 0.25) is 0 Å². The molecular formula is C7H10INOS. The molecule has 1 rings (SSSR count). The summed E-state index contributed by atoms with van der Waals surface area (Å²) in [7, 11) is 0. The Labute approximate surface area is 83.6 Å². The summed E-state index contributed by atoms with van der Waals surface area (Å²) in [5, 5.41) is 8.94. The predicted octanol–water partition coefficient (Wildman–Crippen LogP) is 1.52. The molecule has 1 unspecified atom stereocenters. The van der Waals surface area contributed by atoms with E-state index in [1.54, 1.807) is 11.3 Å². The number of aliphatic hydroxyl groups excluding tert-OH is 1. The Morgan fingerprint density at radius 2 is 2.36 bits per heavy atom. The van der Waals surface area contributed by atoms with Gasteiger partial charge in [0.25, 0.3) is 0 Å². The van der Waals surface area contributed by atoms with E-state index in [2.05, 4.69) is 22.6 Å². The first-order valence-corrected chi connectivity index (χ1v) is 5.11. The number of hydrogen-bond acceptors (Lipinski definition) is 3. The van der Waals surface area contributed by atoms with Crippen molar-refractivity contribution in [2.75, 3.05) is 6.61 Å². The number of thiophene rings is 1. The van der Waals surface area contributed by atoms with Gasteiger partial charge >= 0.3 is 0 Å². The van der Waals surface area contributed by atoms with Crippen molar-refractivity contribution in [1.29, 1.82) is 0 Å². The summed E-state index contributed by atoms with van der Waals surface area (Å²) >= 11 is 3.86. The van der Waals surface area contributed by atoms with Gasteiger partial charge in [0.15, 0.2) is 0 Å². The van der Waals surface area contributed by atoms with Crippen molar-refractivity contribution >= 4 is 33.9 Å². The third-order valence-electron chi connectivity index (χ3n) is 1.46. The fourth-order valence-electron chi connectivity index (χ4n) is 0.699. The molecule has 0 aliphatic heterocycles. The standard InChI is InChI=1S/C7H10INOS/c1-7(9,4-10)5-2-3-6(8)11-5/h2-3,10H,4,9H2,1H3. The monoisotopic (exact) mass is 283 g/mol. The molecule has 2 nitrogen and oxygen atoms in total. The average molecular weight is 283 g/mol. The van der Waals surface area contributed by atoms with Crippen LogP contribution in [0.2, 0.25) is 0 Å². The van der Waals surface area contributed by atoms with Gasteiger partial charge in [-0.3, -0.25) is 0 Å². The Balaban J connectivity index is 2.92. The van der Waals surface area contributed by atoms with E-state index in [1.165, 1.54) is 2.88 Å². The Morgan fingerprint density at radius 1 is 1.73 bits per heavy atom. The van der Waals surface area contributed by atoms with Crippen LogP contribution in [0.5, 0.6) is 0 Å². The molecule has 62 valence electrons. The second kappa shape index (κ2) is 3.38. The molecule has 11 heavy (non-hydrogen) atoms. The van der Waals surface area contributed by atoms with Crippen molar-refractivity contribution in [1.82, 2.24) is 0 Å². The predicted molar refractivity (Wildman–Crippen MR) is 55.7 cm³/mol. The fraction of sp³-hybridized carbons (Fsp3) is 0.429. The van der Waals surface area contributed by atoms with Crippen molar-refractivity contribution in [2.45, 2.75) is 12.5 Å². The summed E-state index contributed by atoms with van der Waals surface area (Å²) in [6.07, 6.45) is 0. The fourth-order valence-corrected chi connectivity index (χ4v) is 2.37. The number of aliphatic hydroxyl groups is 1. The minimum absolute atomic E-state index is 0.0103. The molecule has 1 atom stereocenters. The van der Waals surface area contributed by atoms with Crippen LogP contribution >= 0.6 is 33.9 Å². The van der Waals surface area contributed by atoms with E-state index in [1.807, 2.05) is 19.1 Å². The zero-order valence-electron chi connectivity index (χ0n) is 6.17. The second-order valence-electron chi connectivity index (χ2n) is 2.68. The van der Waals surface area contributed by atoms with Crippen LogP contribution in [0.3, 0.4) is 0 Å². The molecule has 1 aromatic rings. The molecular weight excluding hydrogens is 273 g/mol. The topological polar surface area (TPSA) is 46.2 Å². The Kier molecular flexibility index (Phi) is 2.90. The van der Waals surface area contributed by atoms with Crippen molar-refractivity contribution in [3.05, 3.63) is 19.9 Å². The highest BCUT2D eigenvalue weighted by atomic mass is 127. The van der Waals surface area contributed by atoms with Crippen molar-refractivity contribution in [3.63, 3.8) is 0 Å². The highest BCUT2D eigenvalue weighted by Gasteiger charge is 2.21. The number of hydrogen-bond donors (Lipinski definition) is 2. The summed E-state index contributed by atoms with van der Waals surface area (Å²) in [6, 6.07) is 3.96. The second-order valence-corrected chi connectivity index (χ2v) is 5.66. The van der Waals surface area contributed by atoms with Crippen LogP contribution in [-0.4, -0.2) is 11.7 Å². The van der Waals surface area contributed by atoms with Crippen molar-refractivity contribution in [3.8, 4) is 0 Å². The largest absolute Gasteiger partial charge is 0.394 e. The molecule has 1 aromatic heterocycles. The zero-order valence-corrected chi connectivity index (χ0v) is 9.15. The minimum atomic E-state index is -0.575. The van der Waals surface area contributed by atoms with Gasteiger partial charge in [0.05, 0.1) is 15.0 Å². The first kappa shape index (κ1) is 9.44. The van der Waals surface area contributed by atoms with E-state index in [-0.39, 0.29) is 6.61 Å². The van der Waals surface area contributed by atoms with Gasteiger partial charge in [-0.2, -0.15) is 0 Å². The lowest BCUT2D eigenvalue weighted by Crippen LogP contribution is -2.35. The molecule has 3 N–H and O–H groups in total. The van der Waals surface area contributed by atoms with E-state index in [0.717, 1.165) is 4.88 Å². The molecule has 0 saturated carbocycles. The third-order valence-corrected chi connectivity index (χ3v) is 3.64. The summed E-state index contributed by atoms with van der Waals surface area (Å²) in [4.78, 5) is 1.03. The molecule has 0 radical (unpaired) electrons. The molecule has 0 spiro atoms. The van der Waals surface area contributed by atoms with Crippen LogP contribution in [-0.2, 0) is 5.54 Å². The van der Waals surface area contributed by atoms with E-state index >= 15 is 0 Å². The molecule has 0 saturated heterocycles. The van der Waals surface area contributed by atoms with Gasteiger partial charge < -0.3 is 10.8 Å². The Morgan fingerprint density at radius 3 is 2.73 bits per heavy atom. The maximum Gasteiger partial charge on any atom is 0.0709 e. The van der Waals surface area contributed by atoms with Gasteiger partial charge in [0.1, 0.15) is 0 Å². The molecule has 0 aliphatic carbocycles. The molecule has 0 aromatic carbocycles. The lowest BCUT2D eigenvalue weighted by atomic mass is 10.0. The van der Waals surface area contributed by atoms with E-state index in [4.69, 9.17) is 10.8 Å². The van der Waals surface area contributed by atoms with Crippen molar-refractivity contribution < 1.29 is 5.11 Å². The van der Waals surface area contributed by atoms with Crippen LogP contribution in [0.4, 0.5) is 0 Å². The summed E-state index contributed by atoms with van der Waals surface area (Å²) in [5.41, 5.74) is 5.23. The van der Waals surface area contributed by atoms with Gasteiger partial charge in [-0.05, 0) is 41.6 Å². The zero-order chi connectivity index (χ0) is 8.48. The normalized spacial score (nSPS) is 16.4. The minimum Gasteiger partial charge on any atom is -0.394 e. The van der Waals surface area contributed by atoms with Crippen LogP contribution < -0.4 is 5.73 Å². The van der Waals surface area contributed by atoms with Gasteiger partial charge in [-0.1, -0.05) is 0 Å². The molecule has 0 amide bonds. The first-order valence-electron chi connectivity index (χ1n) is 3.22. The highest BCUT2D eigenvalue weighted by molar-refractivity contribution is 14.1. The summed E-state index contributed by atoms with van der Waals surface area (Å²) in [6.45, 7) is 1.82. The highest BCUT2D eigenvalue weighted by Crippen LogP contribution is 2.26. The van der Waals surface area contributed by atoms with Crippen LogP contribution in [0.15, 0.2) is 12.1 Å². The molecule has 0 bridgehead atoms. The summed E-state index contributed by atoms with van der Waals surface area (Å²) in [5.74, 6) is 0. The van der Waals surface area contributed by atoms with Crippen LogP contribution in [0.1, 0.15) is 11.8 Å². The van der Waals surface area contributed by atoms with E-state index in [0.29, 0.717) is 0 Å². The average Bonchev–Trinajstić information content (AvgIpc) is 2.36. The molecule has 1 heterocycles. The maximum atomic E-state index is 8.94. The van der Waals surface area contributed by atoms with Gasteiger partial charge in [-0.15, -0.1) is 11.3 Å². The van der Waals surface area contributed by atoms with Crippen molar-refractivity contribution in [2.24, 2.45) is 5.73 Å². The lowest BCUT2D eigenvalue weighted by Gasteiger charge is -2.19. The Bertz CT molecular complexity index is 246. The van der Waals surface area contributed by atoms with E-state index in [9.17, 15) is 0 Å². The van der Waals surface area contributed by atoms with Gasteiger partial charge in [-0.25, -0.2) is 0 Å². The number of halogens is 1. The van der Waals surface area contributed by atoms with Gasteiger partial charge in [0, 0.05) is 4.88 Å². The smallest absolute Gasteiger partial charge is 0.0709 e. The molecule has 0 fully saturated rings. The third kappa shape index (κ3) is 2.14. The number of rotatable bonds is 2. The lowest BCUT2D eigenvalue weighted by molar-refractivity contribution is 0.212. The van der Waals surface area contributed by atoms with Crippen LogP contribution in [0.25, 0.3) is 0 Å². The Hall–Kier alpha value is 0.350. The quantitative estimate of drug-likeness (QED) is 0.808. The number of nitrogens with two attached hydrogens (primary N) is 1. The SMILES string of the molecule is CC(N)(CO)c1ccc(I)s1. The maximum absolute atomic E-state index is 8.94. The van der Waals surface area contributed by atoms with Crippen LogP contribution in [0, 0.1) is 2.88 Å². The van der Waals surface area contributed by atoms with E-state index < -0.39 is 5.54 Å². The first-order chi connectivity index (χ1) is 5.06. The molecule has 0 aliphatic rings. The summed E-state index contributed by atoms with van der Waals surface area (Å²) < 4.78 is 1.20. The molecule has 4 heteroatoms.